The van der Waals surface area contributed by atoms with Crippen LogP contribution in [0.4, 0.5) is 0 Å². The molecule has 2 atom stereocenters. The molecule has 1 aliphatic rings. The first-order chi connectivity index (χ1) is 7.31. The van der Waals surface area contributed by atoms with Crippen LogP contribution < -0.4 is 0 Å². The van der Waals surface area contributed by atoms with Crippen molar-refractivity contribution in [2.24, 2.45) is 5.92 Å². The second-order valence-corrected chi connectivity index (χ2v) is 4.26. The van der Waals surface area contributed by atoms with E-state index >= 15 is 0 Å². The molecule has 1 aliphatic carbocycles. The first-order valence-corrected chi connectivity index (χ1v) is 5.70. The van der Waals surface area contributed by atoms with Gasteiger partial charge in [-0.25, -0.2) is 0 Å². The van der Waals surface area contributed by atoms with Crippen LogP contribution in [0.2, 0.25) is 0 Å². The summed E-state index contributed by atoms with van der Waals surface area (Å²) in [6.45, 7) is 5.27. The van der Waals surface area contributed by atoms with Crippen molar-refractivity contribution in [2.45, 2.75) is 26.4 Å². The Kier molecular flexibility index (Phi) is 3.22. The lowest BCUT2D eigenvalue weighted by atomic mass is 10.1. The molecule has 2 unspecified atom stereocenters. The highest BCUT2D eigenvalue weighted by Crippen LogP contribution is 2.30. The Morgan fingerprint density at radius 2 is 2.13 bits per heavy atom. The third kappa shape index (κ3) is 2.29. The van der Waals surface area contributed by atoms with E-state index in [0.717, 1.165) is 6.61 Å². The van der Waals surface area contributed by atoms with Crippen molar-refractivity contribution in [3.63, 3.8) is 0 Å². The molecule has 0 N–H and O–H groups in total. The van der Waals surface area contributed by atoms with Gasteiger partial charge in [0.05, 0.1) is 6.61 Å². The second kappa shape index (κ2) is 4.63. The number of hydrogen-bond acceptors (Lipinski definition) is 1. The van der Waals surface area contributed by atoms with Crippen LogP contribution in [0.3, 0.4) is 0 Å². The zero-order valence-electron chi connectivity index (χ0n) is 9.44. The highest BCUT2D eigenvalue weighted by Gasteiger charge is 2.17. The summed E-state index contributed by atoms with van der Waals surface area (Å²) in [5, 5.41) is 0. The van der Waals surface area contributed by atoms with Crippen LogP contribution >= 0.6 is 0 Å². The minimum Gasteiger partial charge on any atom is -0.369 e. The molecule has 2 rings (SSSR count). The Morgan fingerprint density at radius 1 is 1.33 bits per heavy atom. The lowest BCUT2D eigenvalue weighted by Gasteiger charge is -2.15. The van der Waals surface area contributed by atoms with E-state index in [2.05, 4.69) is 50.3 Å². The van der Waals surface area contributed by atoms with E-state index in [9.17, 15) is 0 Å². The van der Waals surface area contributed by atoms with Crippen molar-refractivity contribution in [1.82, 2.24) is 0 Å². The van der Waals surface area contributed by atoms with E-state index in [1.165, 1.54) is 17.5 Å². The highest BCUT2D eigenvalue weighted by molar-refractivity contribution is 5.61. The van der Waals surface area contributed by atoms with Gasteiger partial charge in [0, 0.05) is 0 Å². The summed E-state index contributed by atoms with van der Waals surface area (Å²) in [5.74, 6) is 0.645. The maximum Gasteiger partial charge on any atom is 0.102 e. The maximum atomic E-state index is 5.90. The maximum absolute atomic E-state index is 5.90. The molecule has 1 nitrogen and oxygen atoms in total. The van der Waals surface area contributed by atoms with Gasteiger partial charge in [-0.3, -0.25) is 0 Å². The van der Waals surface area contributed by atoms with Crippen LogP contribution in [0.25, 0.3) is 6.08 Å². The quantitative estimate of drug-likeness (QED) is 0.721. The van der Waals surface area contributed by atoms with Gasteiger partial charge in [-0.1, -0.05) is 56.7 Å². The third-order valence-electron chi connectivity index (χ3n) is 3.01. The molecular weight excluding hydrogens is 184 g/mol. The molecule has 0 heterocycles. The number of ether oxygens (including phenoxy) is 1. The van der Waals surface area contributed by atoms with Gasteiger partial charge in [0.25, 0.3) is 0 Å². The summed E-state index contributed by atoms with van der Waals surface area (Å²) >= 11 is 0. The molecule has 0 bridgehead atoms. The van der Waals surface area contributed by atoms with Crippen LogP contribution in [0.1, 0.15) is 37.5 Å². The van der Waals surface area contributed by atoms with Crippen molar-refractivity contribution in [1.29, 1.82) is 0 Å². The fraction of sp³-hybridized carbons (Fsp3) is 0.429. The van der Waals surface area contributed by atoms with Gasteiger partial charge < -0.3 is 4.74 Å². The highest BCUT2D eigenvalue weighted by atomic mass is 16.5. The summed E-state index contributed by atoms with van der Waals surface area (Å²) in [5.41, 5.74) is 2.60. The van der Waals surface area contributed by atoms with Crippen molar-refractivity contribution >= 4 is 6.08 Å². The zero-order valence-corrected chi connectivity index (χ0v) is 9.44. The van der Waals surface area contributed by atoms with Gasteiger partial charge in [0.1, 0.15) is 6.10 Å². The van der Waals surface area contributed by atoms with E-state index in [-0.39, 0.29) is 6.10 Å². The normalized spacial score (nSPS) is 20.3. The predicted molar refractivity (Wildman–Crippen MR) is 63.6 cm³/mol. The third-order valence-corrected chi connectivity index (χ3v) is 3.01. The van der Waals surface area contributed by atoms with Gasteiger partial charge >= 0.3 is 0 Å². The molecule has 0 saturated carbocycles. The molecule has 0 amide bonds. The van der Waals surface area contributed by atoms with Gasteiger partial charge in [-0.2, -0.15) is 0 Å². The largest absolute Gasteiger partial charge is 0.369 e. The summed E-state index contributed by atoms with van der Waals surface area (Å²) < 4.78 is 5.90. The van der Waals surface area contributed by atoms with E-state index in [4.69, 9.17) is 4.74 Å². The molecule has 0 aromatic heterocycles. The van der Waals surface area contributed by atoms with Crippen LogP contribution in [-0.4, -0.2) is 6.61 Å². The molecule has 0 saturated heterocycles. The Labute approximate surface area is 91.8 Å². The number of benzene rings is 1. The second-order valence-electron chi connectivity index (χ2n) is 4.26. The number of hydrogen-bond donors (Lipinski definition) is 0. The number of rotatable bonds is 4. The average Bonchev–Trinajstić information content (AvgIpc) is 2.69. The van der Waals surface area contributed by atoms with Gasteiger partial charge in [-0.05, 0) is 17.0 Å². The predicted octanol–water partition coefficient (Wildman–Crippen LogP) is 3.82. The van der Waals surface area contributed by atoms with Crippen LogP contribution in [0.15, 0.2) is 30.3 Å². The van der Waals surface area contributed by atoms with Crippen molar-refractivity contribution in [2.75, 3.05) is 6.61 Å². The van der Waals surface area contributed by atoms with Crippen molar-refractivity contribution in [3.8, 4) is 0 Å². The zero-order chi connectivity index (χ0) is 10.7. The first kappa shape index (κ1) is 10.4. The summed E-state index contributed by atoms with van der Waals surface area (Å²) in [6, 6.07) is 8.43. The Balaban J connectivity index is 1.99. The minimum absolute atomic E-state index is 0.176. The standard InChI is InChI=1S/C14H18O/c1-3-11(2)10-15-14-9-8-12-6-4-5-7-13(12)14/h4-9,11,14H,3,10H2,1-2H3. The minimum atomic E-state index is 0.176. The molecule has 0 aliphatic heterocycles. The molecular formula is C14H18O. The van der Waals surface area contributed by atoms with Crippen molar-refractivity contribution < 1.29 is 4.74 Å². The molecule has 0 fully saturated rings. The Bertz CT molecular complexity index is 354. The summed E-state index contributed by atoms with van der Waals surface area (Å²) in [4.78, 5) is 0. The molecule has 1 heteroatoms. The van der Waals surface area contributed by atoms with Crippen LogP contribution in [-0.2, 0) is 4.74 Å². The monoisotopic (exact) mass is 202 g/mol. The Hall–Kier alpha value is -1.08. The Morgan fingerprint density at radius 3 is 2.93 bits per heavy atom. The topological polar surface area (TPSA) is 9.23 Å². The van der Waals surface area contributed by atoms with E-state index in [1.54, 1.807) is 0 Å². The van der Waals surface area contributed by atoms with Crippen LogP contribution in [0.5, 0.6) is 0 Å². The fourth-order valence-corrected chi connectivity index (χ4v) is 1.75. The fourth-order valence-electron chi connectivity index (χ4n) is 1.75. The molecule has 0 spiro atoms. The summed E-state index contributed by atoms with van der Waals surface area (Å²) in [7, 11) is 0. The van der Waals surface area contributed by atoms with E-state index in [1.807, 2.05) is 0 Å². The molecule has 80 valence electrons. The first-order valence-electron chi connectivity index (χ1n) is 5.70. The van der Waals surface area contributed by atoms with Gasteiger partial charge in [0.15, 0.2) is 0 Å². The van der Waals surface area contributed by atoms with E-state index < -0.39 is 0 Å². The number of fused-ring (bicyclic) bond motifs is 1. The molecule has 15 heavy (non-hydrogen) atoms. The van der Waals surface area contributed by atoms with Crippen molar-refractivity contribution in [3.05, 3.63) is 41.5 Å². The molecule has 1 aromatic rings. The smallest absolute Gasteiger partial charge is 0.102 e. The summed E-state index contributed by atoms with van der Waals surface area (Å²) in [6.07, 6.45) is 5.65. The molecule has 1 aromatic carbocycles. The van der Waals surface area contributed by atoms with Gasteiger partial charge in [-0.15, -0.1) is 0 Å². The van der Waals surface area contributed by atoms with Crippen LogP contribution in [0, 0.1) is 5.92 Å². The van der Waals surface area contributed by atoms with Gasteiger partial charge in [0.2, 0.25) is 0 Å². The average molecular weight is 202 g/mol. The lowest BCUT2D eigenvalue weighted by molar-refractivity contribution is 0.0616. The SMILES string of the molecule is CCC(C)COC1C=Cc2ccccc21. The lowest BCUT2D eigenvalue weighted by Crippen LogP contribution is -2.08. The van der Waals surface area contributed by atoms with E-state index in [0.29, 0.717) is 5.92 Å². The molecule has 0 radical (unpaired) electrons.